The molecule has 36 heteroatoms. The zero-order valence-corrected chi connectivity index (χ0v) is 50.7. The number of aromatic nitrogens is 6. The van der Waals surface area contributed by atoms with Crippen molar-refractivity contribution in [3.63, 3.8) is 0 Å². The van der Waals surface area contributed by atoms with Crippen molar-refractivity contribution in [2.75, 3.05) is 76.5 Å². The van der Waals surface area contributed by atoms with E-state index in [-0.39, 0.29) is 99.4 Å². The van der Waals surface area contributed by atoms with Crippen LogP contribution in [0.4, 0.5) is 57.8 Å². The molecule has 90 heavy (non-hydrogen) atoms. The lowest BCUT2D eigenvalue weighted by atomic mass is 10.1. The molecule has 3 aromatic carbocycles. The molecule has 6 aromatic rings. The first-order chi connectivity index (χ1) is 42.9. The molecule has 27 nitrogen and oxygen atoms in total. The van der Waals surface area contributed by atoms with Gasteiger partial charge in [-0.2, -0.15) is 15.3 Å². The molecule has 0 radical (unpaired) electrons. The number of hydrogen-bond donors (Lipinski definition) is 6. The summed E-state index contributed by atoms with van der Waals surface area (Å²) in [5.74, 6) is -8.43. The summed E-state index contributed by atoms with van der Waals surface area (Å²) in [5.41, 5.74) is 3.59. The number of rotatable bonds is 6. The number of amides is 9. The average Bonchev–Trinajstić information content (AvgIpc) is 1.67. The molecule has 6 aliphatic heterocycles. The van der Waals surface area contributed by atoms with E-state index in [0.29, 0.717) is 70.7 Å². The third-order valence-electron chi connectivity index (χ3n) is 15.0. The van der Waals surface area contributed by atoms with Gasteiger partial charge >= 0.3 is 18.1 Å². The molecule has 3 aromatic heterocycles. The number of carbonyl (C=O) groups is 6. The lowest BCUT2D eigenvalue weighted by Gasteiger charge is -2.27. The summed E-state index contributed by atoms with van der Waals surface area (Å²) in [6.45, 7) is 0.693. The van der Waals surface area contributed by atoms with Crippen molar-refractivity contribution in [2.24, 2.45) is 0 Å². The summed E-state index contributed by atoms with van der Waals surface area (Å²) in [7, 11) is 4.32. The summed E-state index contributed by atoms with van der Waals surface area (Å²) in [5, 5.41) is 51.1. The molecule has 0 unspecified atom stereocenters. The second kappa shape index (κ2) is 26.8. The van der Waals surface area contributed by atoms with Gasteiger partial charge in [0.05, 0.1) is 93.2 Å². The SMILES string of the molecule is CN1O[C@H](CO)Cn2nc3c(c2C1=O)CN(C(=O)Nc1cc(Br)cc(F)c1F)CC3.CN1O[C@H](CO)Cn2nc3c(c2C1=O)CN(C(=O)Nc1cc(Cl)ccc1F)CC3.CN1O[C@H](CO)Cn2nc3c(c2C1=O)CN(C(=O)Nc1cc(F)c(F)c(Cl)c1F)CC3. The summed E-state index contributed by atoms with van der Waals surface area (Å²) in [6.07, 6.45) is -0.753. The third-order valence-corrected chi connectivity index (χ3v) is 16.1. The molecule has 0 saturated heterocycles. The zero-order valence-electron chi connectivity index (χ0n) is 47.6. The second-order valence-corrected chi connectivity index (χ2v) is 22.8. The van der Waals surface area contributed by atoms with Gasteiger partial charge in [0.1, 0.15) is 46.2 Å². The number of aliphatic hydroxyl groups excluding tert-OH is 3. The Morgan fingerprint density at radius 2 is 0.900 bits per heavy atom. The Morgan fingerprint density at radius 3 is 1.29 bits per heavy atom. The van der Waals surface area contributed by atoms with Crippen molar-refractivity contribution in [3.8, 4) is 0 Å². The fourth-order valence-corrected chi connectivity index (χ4v) is 11.4. The summed E-state index contributed by atoms with van der Waals surface area (Å²) in [4.78, 5) is 96.6. The van der Waals surface area contributed by atoms with Gasteiger partial charge in [-0.1, -0.05) is 39.1 Å². The first-order valence-corrected chi connectivity index (χ1v) is 28.9. The van der Waals surface area contributed by atoms with Crippen LogP contribution in [0.2, 0.25) is 10.0 Å². The standard InChI is InChI=1S/C18H18BrF2N5O4.C18H17ClF3N5O4.C18H19ClFN5O4/c1-24-17(28)16-11-7-25(3-2-13(11)23-26(16)6-10(8-27)30-24)18(29)22-14-5-9(19)4-12(20)15(14)21;1-25-17(29)16-9-6-26(3-2-11(9)24-27(16)5-8(7-28)31-25)18(30)23-12-4-10(20)14(21)13(19)15(12)22;1-23-17(27)16-12-8-24(18(28)21-15-6-10(19)2-3-13(15)20)5-4-14(12)22-25(16)7-11(9-26)29-23/h4-5,10,27H,2-3,6-8H2,1H3,(H,22,29);4,8,28H,2-3,5-7H2,1H3,(H,23,30);2-3,6,11,26H,4-5,7-9H2,1H3,(H,21,28)/t10-;8-;11-/m000/s1. The van der Waals surface area contributed by atoms with Crippen molar-refractivity contribution < 1.29 is 84.9 Å². The highest BCUT2D eigenvalue weighted by atomic mass is 79.9. The third kappa shape index (κ3) is 13.2. The van der Waals surface area contributed by atoms with E-state index in [1.807, 2.05) is 0 Å². The van der Waals surface area contributed by atoms with Crippen LogP contribution >= 0.6 is 39.1 Å². The second-order valence-electron chi connectivity index (χ2n) is 21.0. The van der Waals surface area contributed by atoms with Crippen LogP contribution in [0.5, 0.6) is 0 Å². The molecule has 3 atom stereocenters. The lowest BCUT2D eigenvalue weighted by molar-refractivity contribution is -0.159. The van der Waals surface area contributed by atoms with Crippen LogP contribution in [0.15, 0.2) is 40.9 Å². The van der Waals surface area contributed by atoms with Crippen LogP contribution in [0, 0.1) is 34.9 Å². The average molecular weight is 1370 g/mol. The van der Waals surface area contributed by atoms with Crippen LogP contribution in [0.1, 0.15) is 65.2 Å². The normalized spacial score (nSPS) is 18.7. The number of nitrogens with one attached hydrogen (secondary N) is 3. The van der Waals surface area contributed by atoms with E-state index in [0.717, 1.165) is 26.9 Å². The van der Waals surface area contributed by atoms with Gasteiger partial charge in [-0.3, -0.25) is 42.9 Å². The Bertz CT molecular complexity index is 3860. The monoisotopic (exact) mass is 1370 g/mol. The number of urea groups is 3. The molecular formula is C54H54BrCl2F6N15O12. The largest absolute Gasteiger partial charge is 0.393 e. The number of benzene rings is 3. The highest BCUT2D eigenvalue weighted by Gasteiger charge is 2.39. The predicted octanol–water partition coefficient (Wildman–Crippen LogP) is 5.46. The molecule has 480 valence electrons. The van der Waals surface area contributed by atoms with E-state index >= 15 is 0 Å². The number of nitrogens with zero attached hydrogens (tertiary/aromatic N) is 12. The maximum atomic E-state index is 14.1. The van der Waals surface area contributed by atoms with Crippen molar-refractivity contribution in [1.29, 1.82) is 0 Å². The Hall–Kier alpha value is -8.09. The van der Waals surface area contributed by atoms with Gasteiger partial charge in [0.15, 0.2) is 29.1 Å². The van der Waals surface area contributed by atoms with Crippen LogP contribution in [-0.2, 0) is 73.0 Å². The van der Waals surface area contributed by atoms with Crippen molar-refractivity contribution in [1.82, 2.24) is 59.2 Å². The van der Waals surface area contributed by atoms with E-state index in [1.165, 1.54) is 74.2 Å². The van der Waals surface area contributed by atoms with Gasteiger partial charge in [0.25, 0.3) is 17.7 Å². The molecule has 0 spiro atoms. The summed E-state index contributed by atoms with van der Waals surface area (Å²) >= 11 is 14.4. The summed E-state index contributed by atoms with van der Waals surface area (Å²) in [6, 6.07) is 4.72. The molecule has 0 fully saturated rings. The van der Waals surface area contributed by atoms with E-state index in [2.05, 4.69) is 47.2 Å². The Balaban J connectivity index is 0.000000149. The fourth-order valence-electron chi connectivity index (χ4n) is 10.6. The Morgan fingerprint density at radius 1 is 0.533 bits per heavy atom. The molecule has 6 aliphatic rings. The molecule has 0 aliphatic carbocycles. The van der Waals surface area contributed by atoms with Crippen molar-refractivity contribution >= 4 is 92.0 Å². The molecular weight excluding hydrogens is 1320 g/mol. The molecule has 0 bridgehead atoms. The van der Waals surface area contributed by atoms with Crippen LogP contribution in [-0.4, -0.2) is 189 Å². The topological polar surface area (TPSA) is 300 Å². The molecule has 12 rings (SSSR count). The van der Waals surface area contributed by atoms with E-state index in [9.17, 15) is 70.4 Å². The van der Waals surface area contributed by atoms with Crippen LogP contribution < -0.4 is 16.0 Å². The number of fused-ring (bicyclic) bond motifs is 9. The lowest BCUT2D eigenvalue weighted by Crippen LogP contribution is -2.40. The van der Waals surface area contributed by atoms with Gasteiger partial charge in [0, 0.05) is 92.3 Å². The fraction of sp³-hybridized carbons (Fsp3) is 0.389. The van der Waals surface area contributed by atoms with Gasteiger partial charge in [0.2, 0.25) is 0 Å². The van der Waals surface area contributed by atoms with Crippen LogP contribution in [0.3, 0.4) is 0 Å². The highest BCUT2D eigenvalue weighted by Crippen LogP contribution is 2.33. The minimum Gasteiger partial charge on any atom is -0.393 e. The molecule has 6 N–H and O–H groups in total. The highest BCUT2D eigenvalue weighted by molar-refractivity contribution is 9.10. The zero-order chi connectivity index (χ0) is 64.7. The van der Waals surface area contributed by atoms with E-state index in [4.69, 9.17) is 37.7 Å². The number of hydrogen-bond acceptors (Lipinski definition) is 15. The maximum absolute atomic E-state index is 14.1. The first kappa shape index (κ1) is 64.9. The number of halogens is 9. The maximum Gasteiger partial charge on any atom is 0.322 e. The Kier molecular flexibility index (Phi) is 19.3. The van der Waals surface area contributed by atoms with Gasteiger partial charge in [-0.15, -0.1) is 0 Å². The number of hydroxylamine groups is 6. The van der Waals surface area contributed by atoms with Crippen molar-refractivity contribution in [2.45, 2.75) is 76.8 Å². The summed E-state index contributed by atoms with van der Waals surface area (Å²) < 4.78 is 87.3. The minimum atomic E-state index is -1.55. The first-order valence-electron chi connectivity index (χ1n) is 27.4. The van der Waals surface area contributed by atoms with Gasteiger partial charge < -0.3 is 46.0 Å². The number of aliphatic hydroxyl groups is 3. The van der Waals surface area contributed by atoms with E-state index < -0.39 is 99.7 Å². The quantitative estimate of drug-likeness (QED) is 0.0686. The molecule has 9 amide bonds. The van der Waals surface area contributed by atoms with Gasteiger partial charge in [-0.05, 0) is 30.3 Å². The minimum absolute atomic E-state index is 0.0165. The van der Waals surface area contributed by atoms with Gasteiger partial charge in [-0.25, -0.2) is 55.9 Å². The predicted molar refractivity (Wildman–Crippen MR) is 305 cm³/mol. The molecule has 0 saturated carbocycles. The van der Waals surface area contributed by atoms with Crippen LogP contribution in [0.25, 0.3) is 0 Å². The number of carbonyl (C=O) groups excluding carboxylic acids is 6. The molecule has 9 heterocycles. The van der Waals surface area contributed by atoms with E-state index in [1.54, 1.807) is 0 Å². The van der Waals surface area contributed by atoms with Crippen molar-refractivity contribution in [3.05, 3.63) is 137 Å². The smallest absolute Gasteiger partial charge is 0.322 e. The Labute approximate surface area is 524 Å². The number of anilines is 3.